The molecule has 0 aliphatic carbocycles. The lowest BCUT2D eigenvalue weighted by molar-refractivity contribution is -0.116. The molecular weight excluding hydrogens is 219 g/mol. The number of rotatable bonds is 4. The third-order valence-electron chi connectivity index (χ3n) is 1.81. The van der Waals surface area contributed by atoms with E-state index in [0.29, 0.717) is 18.7 Å². The summed E-state index contributed by atoms with van der Waals surface area (Å²) >= 11 is 5.50. The van der Waals surface area contributed by atoms with Crippen LogP contribution in [0.2, 0.25) is 5.02 Å². The van der Waals surface area contributed by atoms with Gasteiger partial charge in [0.05, 0.1) is 5.02 Å². The van der Waals surface area contributed by atoms with Crippen molar-refractivity contribution in [1.82, 2.24) is 5.32 Å². The quantitative estimate of drug-likeness (QED) is 0.831. The molecule has 0 unspecified atom stereocenters. The summed E-state index contributed by atoms with van der Waals surface area (Å²) in [7, 11) is 1.76. The minimum Gasteiger partial charge on any atom is -0.326 e. The van der Waals surface area contributed by atoms with Crippen molar-refractivity contribution in [2.45, 2.75) is 6.42 Å². The van der Waals surface area contributed by atoms with Crippen molar-refractivity contribution >= 4 is 23.2 Å². The number of amides is 1. The number of carbonyl (C=O) groups is 1. The highest BCUT2D eigenvalue weighted by molar-refractivity contribution is 6.30. The number of halogens is 2. The summed E-state index contributed by atoms with van der Waals surface area (Å²) in [6, 6.07) is 4.16. The van der Waals surface area contributed by atoms with E-state index in [-0.39, 0.29) is 10.9 Å². The minimum absolute atomic E-state index is 0.0447. The van der Waals surface area contributed by atoms with Gasteiger partial charge in [-0.15, -0.1) is 0 Å². The van der Waals surface area contributed by atoms with Crippen molar-refractivity contribution in [3.63, 3.8) is 0 Å². The van der Waals surface area contributed by atoms with Crippen LogP contribution in [-0.2, 0) is 4.79 Å². The SMILES string of the molecule is CNCCC(=O)Nc1ccc(Cl)c(F)c1. The van der Waals surface area contributed by atoms with Crippen LogP contribution in [0.15, 0.2) is 18.2 Å². The lowest BCUT2D eigenvalue weighted by Crippen LogP contribution is -2.18. The van der Waals surface area contributed by atoms with Gasteiger partial charge in [0, 0.05) is 18.7 Å². The van der Waals surface area contributed by atoms with Crippen LogP contribution in [0.4, 0.5) is 10.1 Å². The maximum absolute atomic E-state index is 13.0. The first-order chi connectivity index (χ1) is 7.13. The van der Waals surface area contributed by atoms with E-state index in [0.717, 1.165) is 0 Å². The molecule has 1 aromatic rings. The van der Waals surface area contributed by atoms with Gasteiger partial charge in [-0.2, -0.15) is 0 Å². The maximum atomic E-state index is 13.0. The van der Waals surface area contributed by atoms with Gasteiger partial charge in [-0.3, -0.25) is 4.79 Å². The lowest BCUT2D eigenvalue weighted by atomic mass is 10.3. The summed E-state index contributed by atoms with van der Waals surface area (Å²) in [6.07, 6.45) is 0.348. The van der Waals surface area contributed by atoms with E-state index in [1.54, 1.807) is 13.1 Å². The van der Waals surface area contributed by atoms with E-state index >= 15 is 0 Å². The second-order valence-corrected chi connectivity index (χ2v) is 3.44. The highest BCUT2D eigenvalue weighted by atomic mass is 35.5. The van der Waals surface area contributed by atoms with Gasteiger partial charge < -0.3 is 10.6 Å². The van der Waals surface area contributed by atoms with E-state index in [4.69, 9.17) is 11.6 Å². The fourth-order valence-corrected chi connectivity index (χ4v) is 1.15. The van der Waals surface area contributed by atoms with Crippen molar-refractivity contribution in [2.24, 2.45) is 0 Å². The first-order valence-corrected chi connectivity index (χ1v) is 4.91. The molecule has 0 aliphatic heterocycles. The van der Waals surface area contributed by atoms with Gasteiger partial charge in [0.2, 0.25) is 5.91 Å². The van der Waals surface area contributed by atoms with Gasteiger partial charge in [-0.05, 0) is 25.2 Å². The molecule has 0 radical (unpaired) electrons. The first kappa shape index (κ1) is 11.9. The van der Waals surface area contributed by atoms with E-state index in [2.05, 4.69) is 10.6 Å². The van der Waals surface area contributed by atoms with Crippen LogP contribution in [0, 0.1) is 5.82 Å². The van der Waals surface area contributed by atoms with E-state index in [1.165, 1.54) is 12.1 Å². The molecule has 5 heteroatoms. The minimum atomic E-state index is -0.539. The summed E-state index contributed by atoms with van der Waals surface area (Å²) in [4.78, 5) is 11.3. The Morgan fingerprint density at radius 1 is 1.53 bits per heavy atom. The summed E-state index contributed by atoms with van der Waals surface area (Å²) < 4.78 is 13.0. The molecular formula is C10H12ClFN2O. The Kier molecular flexibility index (Phi) is 4.52. The standard InChI is InChI=1S/C10H12ClFN2O/c1-13-5-4-10(15)14-7-2-3-8(11)9(12)6-7/h2-3,6,13H,4-5H2,1H3,(H,14,15). The number of hydrogen-bond acceptors (Lipinski definition) is 2. The summed E-state index contributed by atoms with van der Waals surface area (Å²) in [5.74, 6) is -0.700. The van der Waals surface area contributed by atoms with Crippen molar-refractivity contribution in [3.05, 3.63) is 29.0 Å². The number of benzene rings is 1. The average molecular weight is 231 g/mol. The van der Waals surface area contributed by atoms with E-state index in [1.807, 2.05) is 0 Å². The topological polar surface area (TPSA) is 41.1 Å². The van der Waals surface area contributed by atoms with E-state index in [9.17, 15) is 9.18 Å². The van der Waals surface area contributed by atoms with Crippen LogP contribution in [0.1, 0.15) is 6.42 Å². The first-order valence-electron chi connectivity index (χ1n) is 4.53. The zero-order valence-corrected chi connectivity index (χ0v) is 9.07. The van der Waals surface area contributed by atoms with Crippen molar-refractivity contribution < 1.29 is 9.18 Å². The molecule has 82 valence electrons. The Morgan fingerprint density at radius 3 is 2.87 bits per heavy atom. The van der Waals surface area contributed by atoms with Crippen molar-refractivity contribution in [1.29, 1.82) is 0 Å². The Morgan fingerprint density at radius 2 is 2.27 bits per heavy atom. The summed E-state index contributed by atoms with van der Waals surface area (Å²) in [5, 5.41) is 5.46. The molecule has 0 aliphatic rings. The maximum Gasteiger partial charge on any atom is 0.225 e. The highest BCUT2D eigenvalue weighted by Gasteiger charge is 2.04. The van der Waals surface area contributed by atoms with Crippen molar-refractivity contribution in [2.75, 3.05) is 18.9 Å². The monoisotopic (exact) mass is 230 g/mol. The molecule has 0 fully saturated rings. The van der Waals surface area contributed by atoms with Crippen LogP contribution >= 0.6 is 11.6 Å². The molecule has 1 aromatic carbocycles. The van der Waals surface area contributed by atoms with Gasteiger partial charge in [0.15, 0.2) is 0 Å². The molecule has 0 atom stereocenters. The average Bonchev–Trinajstić information content (AvgIpc) is 2.20. The summed E-state index contributed by atoms with van der Waals surface area (Å²) in [5.41, 5.74) is 0.415. The highest BCUT2D eigenvalue weighted by Crippen LogP contribution is 2.18. The molecule has 3 nitrogen and oxygen atoms in total. The van der Waals surface area contributed by atoms with E-state index < -0.39 is 5.82 Å². The zero-order chi connectivity index (χ0) is 11.3. The number of nitrogens with one attached hydrogen (secondary N) is 2. The predicted molar refractivity (Wildman–Crippen MR) is 58.6 cm³/mol. The fourth-order valence-electron chi connectivity index (χ4n) is 1.04. The Balaban J connectivity index is 2.57. The molecule has 0 bridgehead atoms. The Bertz CT molecular complexity index is 357. The fraction of sp³-hybridized carbons (Fsp3) is 0.300. The largest absolute Gasteiger partial charge is 0.326 e. The smallest absolute Gasteiger partial charge is 0.225 e. The molecule has 0 saturated carbocycles. The molecule has 1 amide bonds. The molecule has 2 N–H and O–H groups in total. The van der Waals surface area contributed by atoms with Crippen molar-refractivity contribution in [3.8, 4) is 0 Å². The molecule has 1 rings (SSSR count). The molecule has 0 aromatic heterocycles. The van der Waals surface area contributed by atoms with Gasteiger partial charge in [0.25, 0.3) is 0 Å². The van der Waals surface area contributed by atoms with Gasteiger partial charge >= 0.3 is 0 Å². The van der Waals surface area contributed by atoms with Gasteiger partial charge in [0.1, 0.15) is 5.82 Å². The number of hydrogen-bond donors (Lipinski definition) is 2. The number of carbonyl (C=O) groups excluding carboxylic acids is 1. The van der Waals surface area contributed by atoms with Crippen LogP contribution < -0.4 is 10.6 Å². The normalized spacial score (nSPS) is 10.1. The molecule has 15 heavy (non-hydrogen) atoms. The molecule has 0 heterocycles. The Hall–Kier alpha value is -1.13. The molecule has 0 saturated heterocycles. The zero-order valence-electron chi connectivity index (χ0n) is 8.31. The Labute approximate surface area is 92.6 Å². The predicted octanol–water partition coefficient (Wildman–Crippen LogP) is 2.03. The molecule has 0 spiro atoms. The van der Waals surface area contributed by atoms with Crippen LogP contribution in [0.3, 0.4) is 0 Å². The lowest BCUT2D eigenvalue weighted by Gasteiger charge is -2.05. The second kappa shape index (κ2) is 5.68. The van der Waals surface area contributed by atoms with Crippen LogP contribution in [0.25, 0.3) is 0 Å². The third-order valence-corrected chi connectivity index (χ3v) is 2.11. The second-order valence-electron chi connectivity index (χ2n) is 3.03. The van der Waals surface area contributed by atoms with Gasteiger partial charge in [-0.1, -0.05) is 11.6 Å². The third kappa shape index (κ3) is 3.85. The number of anilines is 1. The van der Waals surface area contributed by atoms with Crippen LogP contribution in [0.5, 0.6) is 0 Å². The summed E-state index contributed by atoms with van der Waals surface area (Å²) in [6.45, 7) is 0.585. The van der Waals surface area contributed by atoms with Gasteiger partial charge in [-0.25, -0.2) is 4.39 Å². The van der Waals surface area contributed by atoms with Crippen LogP contribution in [-0.4, -0.2) is 19.5 Å².